The first-order valence-electron chi connectivity index (χ1n) is 16.5. The van der Waals surface area contributed by atoms with E-state index < -0.39 is 11.4 Å². The van der Waals surface area contributed by atoms with Crippen LogP contribution in [-0.4, -0.2) is 91.8 Å². The summed E-state index contributed by atoms with van der Waals surface area (Å²) in [4.78, 5) is 38.8. The summed E-state index contributed by atoms with van der Waals surface area (Å²) >= 11 is 1.58. The van der Waals surface area contributed by atoms with Crippen molar-refractivity contribution in [3.63, 3.8) is 0 Å². The van der Waals surface area contributed by atoms with Crippen molar-refractivity contribution >= 4 is 44.4 Å². The van der Waals surface area contributed by atoms with Gasteiger partial charge in [0.05, 0.1) is 38.2 Å². The lowest BCUT2D eigenvalue weighted by Gasteiger charge is -2.42. The Labute approximate surface area is 271 Å². The van der Waals surface area contributed by atoms with E-state index in [2.05, 4.69) is 19.8 Å². The van der Waals surface area contributed by atoms with Crippen molar-refractivity contribution in [2.75, 3.05) is 37.7 Å². The van der Waals surface area contributed by atoms with Crippen LogP contribution in [0.15, 0.2) is 24.4 Å². The average Bonchev–Trinajstić information content (AvgIpc) is 3.76. The Bertz CT molecular complexity index is 1820. The number of rotatable bonds is 5. The molecule has 0 saturated carbocycles. The van der Waals surface area contributed by atoms with Crippen LogP contribution in [0.3, 0.4) is 0 Å². The van der Waals surface area contributed by atoms with E-state index in [-0.39, 0.29) is 40.9 Å². The van der Waals surface area contributed by atoms with Crippen LogP contribution >= 0.6 is 11.3 Å². The highest BCUT2D eigenvalue weighted by molar-refractivity contribution is 7.18. The van der Waals surface area contributed by atoms with Crippen LogP contribution in [0, 0.1) is 12.7 Å². The molecule has 4 fully saturated rings. The molecule has 0 aliphatic carbocycles. The highest BCUT2D eigenvalue weighted by atomic mass is 32.1. The molecular weight excluding hydrogens is 605 g/mol. The summed E-state index contributed by atoms with van der Waals surface area (Å²) in [5.41, 5.74) is 1.20. The Morgan fingerprint density at radius 2 is 1.80 bits per heavy atom. The molecule has 0 radical (unpaired) electrons. The van der Waals surface area contributed by atoms with Gasteiger partial charge in [-0.25, -0.2) is 14.2 Å². The van der Waals surface area contributed by atoms with E-state index in [4.69, 9.17) is 19.4 Å². The Kier molecular flexibility index (Phi) is 7.09. The van der Waals surface area contributed by atoms with E-state index in [0.29, 0.717) is 36.5 Å². The van der Waals surface area contributed by atoms with Gasteiger partial charge in [-0.1, -0.05) is 12.1 Å². The fourth-order valence-electron chi connectivity index (χ4n) is 8.11. The quantitative estimate of drug-likeness (QED) is 0.246. The molecule has 1 amide bonds. The highest BCUT2D eigenvalue weighted by Gasteiger charge is 2.46. The molecule has 3 aromatic heterocycles. The number of hydrogen-bond donors (Lipinski definition) is 0. The number of aryl methyl sites for hydroxylation is 1. The second-order valence-corrected chi connectivity index (χ2v) is 15.5. The second kappa shape index (κ2) is 11.0. The van der Waals surface area contributed by atoms with Crippen molar-refractivity contribution in [1.29, 1.82) is 0 Å². The number of thiazole rings is 1. The smallest absolute Gasteiger partial charge is 0.410 e. The predicted octanol–water partition coefficient (Wildman–Crippen LogP) is 6.34. The summed E-state index contributed by atoms with van der Waals surface area (Å²) in [7, 11) is 0. The summed E-state index contributed by atoms with van der Waals surface area (Å²) in [6, 6.07) is 5.88. The largest absolute Gasteiger partial charge is 0.461 e. The van der Waals surface area contributed by atoms with Crippen LogP contribution < -0.4 is 9.64 Å². The minimum Gasteiger partial charge on any atom is -0.461 e. The highest BCUT2D eigenvalue weighted by Crippen LogP contribution is 2.41. The van der Waals surface area contributed by atoms with Crippen LogP contribution in [0.5, 0.6) is 6.01 Å². The first-order valence-corrected chi connectivity index (χ1v) is 17.3. The molecule has 4 aliphatic heterocycles. The van der Waals surface area contributed by atoms with Gasteiger partial charge in [0.1, 0.15) is 29.2 Å². The molecule has 46 heavy (non-hydrogen) atoms. The van der Waals surface area contributed by atoms with Crippen LogP contribution in [0.1, 0.15) is 64.3 Å². The van der Waals surface area contributed by atoms with Crippen LogP contribution in [0.4, 0.5) is 15.0 Å². The minimum atomic E-state index is -0.570. The Balaban J connectivity index is 1.19. The first kappa shape index (κ1) is 29.7. The molecule has 242 valence electrons. The molecule has 12 heteroatoms. The van der Waals surface area contributed by atoms with Crippen molar-refractivity contribution in [3.05, 3.63) is 35.2 Å². The molecule has 10 nitrogen and oxygen atoms in total. The normalized spacial score (nSPS) is 22.6. The van der Waals surface area contributed by atoms with Gasteiger partial charge in [0, 0.05) is 24.8 Å². The third-order valence-electron chi connectivity index (χ3n) is 10.1. The maximum absolute atomic E-state index is 16.7. The zero-order valence-corrected chi connectivity index (χ0v) is 27.7. The molecule has 2 bridgehead atoms. The van der Waals surface area contributed by atoms with Crippen LogP contribution in [0.2, 0.25) is 0 Å². The van der Waals surface area contributed by atoms with Gasteiger partial charge in [0.15, 0.2) is 5.82 Å². The molecule has 0 spiro atoms. The van der Waals surface area contributed by atoms with Gasteiger partial charge in [0.2, 0.25) is 0 Å². The number of pyridine rings is 1. The Hall–Kier alpha value is -3.64. The lowest BCUT2D eigenvalue weighted by atomic mass is 9.95. The topological polar surface area (TPSA) is 96.8 Å². The minimum absolute atomic E-state index is 0.00327. The molecule has 0 N–H and O–H groups in total. The number of fused-ring (bicyclic) bond motifs is 5. The number of nitrogens with zero attached hydrogens (tertiary/aromatic N) is 7. The lowest BCUT2D eigenvalue weighted by molar-refractivity contribution is 0.0122. The fourth-order valence-corrected chi connectivity index (χ4v) is 8.97. The molecule has 1 aromatic carbocycles. The van der Waals surface area contributed by atoms with Crippen molar-refractivity contribution < 1.29 is 18.7 Å². The second-order valence-electron chi connectivity index (χ2n) is 14.3. The van der Waals surface area contributed by atoms with Crippen LogP contribution in [0.25, 0.3) is 32.4 Å². The number of hydrogen-bond acceptors (Lipinski definition) is 10. The Morgan fingerprint density at radius 3 is 2.52 bits per heavy atom. The molecule has 4 aromatic rings. The number of halogens is 1. The molecule has 2 unspecified atom stereocenters. The van der Waals surface area contributed by atoms with Crippen molar-refractivity contribution in [2.24, 2.45) is 0 Å². The summed E-state index contributed by atoms with van der Waals surface area (Å²) in [5.74, 6) is 0.0784. The molecule has 7 heterocycles. The zero-order chi connectivity index (χ0) is 31.8. The van der Waals surface area contributed by atoms with Crippen LogP contribution in [-0.2, 0) is 4.74 Å². The van der Waals surface area contributed by atoms with E-state index in [9.17, 15) is 4.79 Å². The number of anilines is 1. The number of carbonyl (C=O) groups is 1. The molecule has 8 rings (SSSR count). The number of ether oxygens (including phenoxy) is 2. The third kappa shape index (κ3) is 5.04. The number of para-hydroxylation sites is 1. The van der Waals surface area contributed by atoms with E-state index in [0.717, 1.165) is 66.8 Å². The maximum atomic E-state index is 16.7. The standard InChI is InChI=1S/C34H40FN7O3S/c1-20-37-27-23(8-5-9-25(27)46-20)28-26(35)29-24(16-36-28)30(39-31(38-29)44-19-34-12-6-14-41(34)15-7-13-34)40-17-21-10-11-22(18-40)42(21)32(43)45-33(2,3)4/h5,8-9,16,21-22H,6-7,10-15,17-19H2,1-4H3. The monoisotopic (exact) mass is 645 g/mol. The molecule has 4 saturated heterocycles. The van der Waals surface area contributed by atoms with Crippen molar-refractivity contribution in [1.82, 2.24) is 29.7 Å². The van der Waals surface area contributed by atoms with E-state index in [1.807, 2.05) is 50.8 Å². The lowest BCUT2D eigenvalue weighted by Crippen LogP contribution is -2.57. The summed E-state index contributed by atoms with van der Waals surface area (Å²) < 4.78 is 29.9. The number of amides is 1. The molecule has 4 aliphatic rings. The Morgan fingerprint density at radius 1 is 1.07 bits per heavy atom. The van der Waals surface area contributed by atoms with Gasteiger partial charge in [-0.2, -0.15) is 9.97 Å². The van der Waals surface area contributed by atoms with E-state index >= 15 is 4.39 Å². The third-order valence-corrected chi connectivity index (χ3v) is 11.0. The maximum Gasteiger partial charge on any atom is 0.410 e. The number of aromatic nitrogens is 4. The predicted molar refractivity (Wildman–Crippen MR) is 176 cm³/mol. The molecular formula is C34H40FN7O3S. The fraction of sp³-hybridized carbons (Fsp3) is 0.559. The summed E-state index contributed by atoms with van der Waals surface area (Å²) in [6.07, 6.45) is 7.63. The molecule has 2 atom stereocenters. The van der Waals surface area contributed by atoms with Gasteiger partial charge in [-0.05, 0) is 85.4 Å². The van der Waals surface area contributed by atoms with Gasteiger partial charge in [-0.3, -0.25) is 14.8 Å². The number of piperazine rings is 1. The summed E-state index contributed by atoms with van der Waals surface area (Å²) in [6.45, 7) is 11.4. The van der Waals surface area contributed by atoms with Gasteiger partial charge in [-0.15, -0.1) is 11.3 Å². The number of carbonyl (C=O) groups excluding carboxylic acids is 1. The van der Waals surface area contributed by atoms with Crippen molar-refractivity contribution in [2.45, 2.75) is 89.4 Å². The van der Waals surface area contributed by atoms with E-state index in [1.165, 1.54) is 0 Å². The first-order chi connectivity index (χ1) is 22.1. The van der Waals surface area contributed by atoms with Gasteiger partial charge < -0.3 is 14.4 Å². The van der Waals surface area contributed by atoms with E-state index in [1.54, 1.807) is 17.5 Å². The SMILES string of the molecule is Cc1nc2c(-c3ncc4c(N5CC6CCC(C5)N6C(=O)OC(C)(C)C)nc(OCC56CCCN5CCC6)nc4c3F)cccc2s1. The van der Waals surface area contributed by atoms with Gasteiger partial charge >= 0.3 is 12.1 Å². The number of benzene rings is 1. The zero-order valence-electron chi connectivity index (χ0n) is 26.9. The van der Waals surface area contributed by atoms with Gasteiger partial charge in [0.25, 0.3) is 0 Å². The average molecular weight is 646 g/mol. The van der Waals surface area contributed by atoms with Crippen molar-refractivity contribution in [3.8, 4) is 17.3 Å². The summed E-state index contributed by atoms with van der Waals surface area (Å²) in [5, 5.41) is 1.44.